The zero-order valence-electron chi connectivity index (χ0n) is 13.2. The molecule has 130 valence electrons. The highest BCUT2D eigenvalue weighted by Crippen LogP contribution is 2.20. The summed E-state index contributed by atoms with van der Waals surface area (Å²) in [7, 11) is -3.67. The van der Waals surface area contributed by atoms with Crippen molar-refractivity contribution in [2.24, 2.45) is 4.99 Å². The molecule has 0 spiro atoms. The van der Waals surface area contributed by atoms with E-state index < -0.39 is 16.1 Å². The minimum Gasteiger partial charge on any atom is -0.508 e. The molecule has 8 heteroatoms. The Morgan fingerprint density at radius 3 is 2.16 bits per heavy atom. The van der Waals surface area contributed by atoms with Gasteiger partial charge in [-0.25, -0.2) is 9.79 Å². The summed E-state index contributed by atoms with van der Waals surface area (Å²) >= 11 is 0. The number of carbonyl (C=O) groups is 1. The van der Waals surface area contributed by atoms with Gasteiger partial charge in [-0.2, -0.15) is 8.42 Å². The third-order valence-electron chi connectivity index (χ3n) is 2.84. The number of hydrogen-bond acceptors (Lipinski definition) is 6. The molecule has 0 aromatic heterocycles. The fraction of sp³-hybridized carbons (Fsp3) is 0.0588. The van der Waals surface area contributed by atoms with Crippen LogP contribution in [0.25, 0.3) is 6.08 Å². The molecule has 0 amide bonds. The summed E-state index contributed by atoms with van der Waals surface area (Å²) < 4.78 is 31.0. The second-order valence-electron chi connectivity index (χ2n) is 5.03. The van der Waals surface area contributed by atoms with E-state index in [-0.39, 0.29) is 11.4 Å². The summed E-state index contributed by atoms with van der Waals surface area (Å²) in [4.78, 5) is 16.0. The number of aliphatic imine (C=N–C) groups is 1. The van der Waals surface area contributed by atoms with Crippen LogP contribution in [0.5, 0.6) is 5.75 Å². The van der Waals surface area contributed by atoms with Gasteiger partial charge >= 0.3 is 5.97 Å². The maximum atomic E-state index is 11.8. The molecule has 0 atom stereocenters. The maximum absolute atomic E-state index is 11.8. The lowest BCUT2D eigenvalue weighted by Crippen LogP contribution is -2.04. The molecule has 2 aromatic carbocycles. The van der Waals surface area contributed by atoms with Crippen LogP contribution in [0.4, 0.5) is 0 Å². The van der Waals surface area contributed by atoms with Gasteiger partial charge in [0.15, 0.2) is 5.70 Å². The summed E-state index contributed by atoms with van der Waals surface area (Å²) in [6.45, 7) is 0. The molecule has 0 saturated carbocycles. The molecule has 7 nitrogen and oxygen atoms in total. The fourth-order valence-electron chi connectivity index (χ4n) is 1.84. The normalized spacial score (nSPS) is 15.2. The third-order valence-corrected chi connectivity index (χ3v) is 2.84. The average molecular weight is 361 g/mol. The molecule has 1 aliphatic rings. The lowest BCUT2D eigenvalue weighted by Gasteiger charge is -1.97. The van der Waals surface area contributed by atoms with Crippen molar-refractivity contribution in [1.82, 2.24) is 0 Å². The van der Waals surface area contributed by atoms with Crippen LogP contribution in [0, 0.1) is 0 Å². The van der Waals surface area contributed by atoms with Gasteiger partial charge in [-0.3, -0.25) is 4.55 Å². The number of carbonyl (C=O) groups excluding carboxylic acids is 1. The third kappa shape index (κ3) is 6.21. The molecule has 0 bridgehead atoms. The van der Waals surface area contributed by atoms with Gasteiger partial charge in [0.2, 0.25) is 5.90 Å². The van der Waals surface area contributed by atoms with Crippen LogP contribution in [0.3, 0.4) is 0 Å². The predicted octanol–water partition coefficient (Wildman–Crippen LogP) is 2.24. The van der Waals surface area contributed by atoms with Gasteiger partial charge in [0.05, 0.1) is 6.26 Å². The molecule has 0 aliphatic carbocycles. The van der Waals surface area contributed by atoms with E-state index in [1.807, 2.05) is 30.3 Å². The van der Waals surface area contributed by atoms with E-state index in [2.05, 4.69) is 4.99 Å². The Balaban J connectivity index is 0.000000399. The molecule has 3 rings (SSSR count). The van der Waals surface area contributed by atoms with Crippen LogP contribution < -0.4 is 0 Å². The Hall–Kier alpha value is -2.97. The van der Waals surface area contributed by atoms with Crippen molar-refractivity contribution in [2.45, 2.75) is 0 Å². The van der Waals surface area contributed by atoms with Gasteiger partial charge in [0, 0.05) is 5.56 Å². The molecule has 2 aromatic rings. The van der Waals surface area contributed by atoms with Gasteiger partial charge in [-0.15, -0.1) is 0 Å². The molecule has 1 heterocycles. The minimum absolute atomic E-state index is 0.176. The SMILES string of the molecule is CS(=O)(=O)O.O=C1OC(c2ccccc2)=NC1=Cc1ccc(O)cc1. The maximum Gasteiger partial charge on any atom is 0.363 e. The van der Waals surface area contributed by atoms with E-state index in [9.17, 15) is 18.3 Å². The molecule has 0 saturated heterocycles. The topological polar surface area (TPSA) is 113 Å². The first kappa shape index (κ1) is 18.4. The van der Waals surface area contributed by atoms with Gasteiger partial charge in [0.25, 0.3) is 10.1 Å². The van der Waals surface area contributed by atoms with Gasteiger partial charge in [0.1, 0.15) is 5.75 Å². The van der Waals surface area contributed by atoms with Crippen molar-refractivity contribution in [2.75, 3.05) is 6.26 Å². The van der Waals surface area contributed by atoms with Crippen LogP contribution >= 0.6 is 0 Å². The first-order valence-corrected chi connectivity index (χ1v) is 8.87. The van der Waals surface area contributed by atoms with Gasteiger partial charge in [-0.1, -0.05) is 30.3 Å². The minimum atomic E-state index is -3.67. The number of hydrogen-bond donors (Lipinski definition) is 2. The molecule has 0 unspecified atom stereocenters. The summed E-state index contributed by atoms with van der Waals surface area (Å²) in [5, 5.41) is 9.22. The van der Waals surface area contributed by atoms with Crippen molar-refractivity contribution >= 4 is 28.1 Å². The van der Waals surface area contributed by atoms with Crippen LogP contribution in [-0.2, 0) is 19.6 Å². The summed E-state index contributed by atoms with van der Waals surface area (Å²) in [5.41, 5.74) is 1.78. The monoisotopic (exact) mass is 361 g/mol. The Morgan fingerprint density at radius 2 is 1.60 bits per heavy atom. The van der Waals surface area contributed by atoms with Crippen LogP contribution in [0.15, 0.2) is 65.3 Å². The Bertz CT molecular complexity index is 907. The predicted molar refractivity (Wildman–Crippen MR) is 92.6 cm³/mol. The highest BCUT2D eigenvalue weighted by atomic mass is 32.2. The van der Waals surface area contributed by atoms with E-state index in [4.69, 9.17) is 9.29 Å². The average Bonchev–Trinajstić information content (AvgIpc) is 2.90. The number of cyclic esters (lactones) is 1. The number of aromatic hydroxyl groups is 1. The zero-order chi connectivity index (χ0) is 18.4. The van der Waals surface area contributed by atoms with E-state index >= 15 is 0 Å². The second kappa shape index (κ2) is 7.73. The number of ether oxygens (including phenoxy) is 1. The smallest absolute Gasteiger partial charge is 0.363 e. The molecule has 1 aliphatic heterocycles. The molecular weight excluding hydrogens is 346 g/mol. The Labute approximate surface area is 144 Å². The van der Waals surface area contributed by atoms with Crippen molar-refractivity contribution in [3.63, 3.8) is 0 Å². The highest BCUT2D eigenvalue weighted by Gasteiger charge is 2.23. The van der Waals surface area contributed by atoms with Crippen LogP contribution in [0.1, 0.15) is 11.1 Å². The molecule has 0 fully saturated rings. The van der Waals surface area contributed by atoms with Crippen LogP contribution in [0.2, 0.25) is 0 Å². The standard InChI is InChI=1S/C16H11NO3.CH4O3S/c18-13-8-6-11(7-9-13)10-14-16(19)20-15(17-14)12-4-2-1-3-5-12;1-5(2,3)4/h1-10,18H;1H3,(H,2,3,4). The number of phenols is 1. The second-order valence-corrected chi connectivity index (χ2v) is 6.49. The summed E-state index contributed by atoms with van der Waals surface area (Å²) in [6, 6.07) is 15.8. The van der Waals surface area contributed by atoms with Gasteiger partial charge in [-0.05, 0) is 35.9 Å². The van der Waals surface area contributed by atoms with Crippen molar-refractivity contribution in [3.05, 3.63) is 71.4 Å². The van der Waals surface area contributed by atoms with Crippen molar-refractivity contribution < 1.29 is 27.6 Å². The van der Waals surface area contributed by atoms with Crippen LogP contribution in [-0.4, -0.2) is 36.2 Å². The van der Waals surface area contributed by atoms with E-state index in [1.54, 1.807) is 30.3 Å². The summed E-state index contributed by atoms with van der Waals surface area (Å²) in [5.74, 6) is 0.00665. The van der Waals surface area contributed by atoms with E-state index in [0.29, 0.717) is 12.2 Å². The van der Waals surface area contributed by atoms with Crippen molar-refractivity contribution in [3.8, 4) is 5.75 Å². The van der Waals surface area contributed by atoms with Crippen molar-refractivity contribution in [1.29, 1.82) is 0 Å². The fourth-order valence-corrected chi connectivity index (χ4v) is 1.84. The first-order valence-electron chi connectivity index (χ1n) is 7.02. The molecule has 25 heavy (non-hydrogen) atoms. The van der Waals surface area contributed by atoms with E-state index in [0.717, 1.165) is 11.1 Å². The summed E-state index contributed by atoms with van der Waals surface area (Å²) in [6.07, 6.45) is 2.34. The number of benzene rings is 2. The quantitative estimate of drug-likeness (QED) is 0.482. The van der Waals surface area contributed by atoms with E-state index in [1.165, 1.54) is 0 Å². The highest BCUT2D eigenvalue weighted by molar-refractivity contribution is 7.85. The Morgan fingerprint density at radius 1 is 1.04 bits per heavy atom. The lowest BCUT2D eigenvalue weighted by molar-refractivity contribution is -0.129. The number of rotatable bonds is 2. The molecule has 0 radical (unpaired) electrons. The number of esters is 1. The Kier molecular flexibility index (Phi) is 5.68. The largest absolute Gasteiger partial charge is 0.508 e. The number of phenolic OH excluding ortho intramolecular Hbond substituents is 1. The first-order chi connectivity index (χ1) is 11.7. The number of nitrogens with zero attached hydrogens (tertiary/aromatic N) is 1. The van der Waals surface area contributed by atoms with Gasteiger partial charge < -0.3 is 9.84 Å². The molecular formula is C17H15NO6S. The zero-order valence-corrected chi connectivity index (χ0v) is 14.0. The lowest BCUT2D eigenvalue weighted by atomic mass is 10.2. The molecule has 2 N–H and O–H groups in total.